The van der Waals surface area contributed by atoms with Crippen LogP contribution < -0.4 is 4.74 Å². The Labute approximate surface area is 87.4 Å². The van der Waals surface area contributed by atoms with Crippen molar-refractivity contribution in [1.82, 2.24) is 4.98 Å². The number of ether oxygens (including phenoxy) is 1. The van der Waals surface area contributed by atoms with Gasteiger partial charge in [-0.2, -0.15) is 0 Å². The molecule has 0 aliphatic rings. The normalized spacial score (nSPS) is 10.0. The monoisotopic (exact) mass is 203 g/mol. The highest BCUT2D eigenvalue weighted by Gasteiger charge is 1.99. The number of halogens is 1. The Balaban J connectivity index is 2.22. The summed E-state index contributed by atoms with van der Waals surface area (Å²) in [6.45, 7) is 1.87. The van der Waals surface area contributed by atoms with Crippen LogP contribution in [-0.2, 0) is 0 Å². The first kappa shape index (κ1) is 9.65. The average Bonchev–Trinajstić information content (AvgIpc) is 2.17. The number of nitrogens with zero attached hydrogens (tertiary/aromatic N) is 1. The molecule has 0 radical (unpaired) electrons. The third-order valence-corrected chi connectivity index (χ3v) is 1.88. The standard InChI is InChI=1S/C12H10FNO/c1-9-4-2-7-12(14-9)15-11-6-3-5-10(13)8-11/h2-8H,1H3. The first-order valence-electron chi connectivity index (χ1n) is 4.61. The van der Waals surface area contributed by atoms with E-state index < -0.39 is 0 Å². The molecule has 2 aromatic rings. The molecule has 0 N–H and O–H groups in total. The van der Waals surface area contributed by atoms with E-state index in [4.69, 9.17) is 4.74 Å². The minimum Gasteiger partial charge on any atom is -0.439 e. The fourth-order valence-corrected chi connectivity index (χ4v) is 1.23. The number of rotatable bonds is 2. The van der Waals surface area contributed by atoms with E-state index in [0.29, 0.717) is 11.6 Å². The fourth-order valence-electron chi connectivity index (χ4n) is 1.23. The highest BCUT2D eigenvalue weighted by atomic mass is 19.1. The molecule has 1 aromatic carbocycles. The molecule has 0 unspecified atom stereocenters. The van der Waals surface area contributed by atoms with Gasteiger partial charge in [0.25, 0.3) is 0 Å². The second-order valence-electron chi connectivity index (χ2n) is 3.18. The summed E-state index contributed by atoms with van der Waals surface area (Å²) in [7, 11) is 0. The van der Waals surface area contributed by atoms with E-state index in [1.54, 1.807) is 18.2 Å². The van der Waals surface area contributed by atoms with Gasteiger partial charge in [0, 0.05) is 17.8 Å². The molecule has 15 heavy (non-hydrogen) atoms. The molecule has 0 fully saturated rings. The van der Waals surface area contributed by atoms with Crippen LogP contribution in [-0.4, -0.2) is 4.98 Å². The molecule has 1 aromatic heterocycles. The molecule has 0 amide bonds. The zero-order valence-electron chi connectivity index (χ0n) is 8.27. The van der Waals surface area contributed by atoms with Crippen LogP contribution in [0.25, 0.3) is 0 Å². The molecule has 0 atom stereocenters. The molecule has 1 heterocycles. The van der Waals surface area contributed by atoms with Crippen LogP contribution >= 0.6 is 0 Å². The molecule has 3 heteroatoms. The van der Waals surface area contributed by atoms with Crippen molar-refractivity contribution in [1.29, 1.82) is 0 Å². The summed E-state index contributed by atoms with van der Waals surface area (Å²) in [6.07, 6.45) is 0. The van der Waals surface area contributed by atoms with Gasteiger partial charge in [-0.25, -0.2) is 9.37 Å². The van der Waals surface area contributed by atoms with Crippen molar-refractivity contribution in [2.45, 2.75) is 6.92 Å². The van der Waals surface area contributed by atoms with E-state index in [1.807, 2.05) is 19.1 Å². The van der Waals surface area contributed by atoms with Crippen molar-refractivity contribution < 1.29 is 9.13 Å². The van der Waals surface area contributed by atoms with Crippen LogP contribution in [0.4, 0.5) is 4.39 Å². The van der Waals surface area contributed by atoms with E-state index >= 15 is 0 Å². The van der Waals surface area contributed by atoms with Crippen molar-refractivity contribution in [2.75, 3.05) is 0 Å². The molecular formula is C12H10FNO. The Kier molecular flexibility index (Phi) is 2.63. The molecule has 0 bridgehead atoms. The molecule has 2 nitrogen and oxygen atoms in total. The van der Waals surface area contributed by atoms with Crippen LogP contribution in [0.5, 0.6) is 11.6 Å². The summed E-state index contributed by atoms with van der Waals surface area (Å²) < 4.78 is 18.2. The predicted octanol–water partition coefficient (Wildman–Crippen LogP) is 3.32. The Hall–Kier alpha value is -1.90. The largest absolute Gasteiger partial charge is 0.439 e. The Morgan fingerprint density at radius 2 is 1.93 bits per heavy atom. The number of hydrogen-bond acceptors (Lipinski definition) is 2. The van der Waals surface area contributed by atoms with Gasteiger partial charge in [-0.1, -0.05) is 12.1 Å². The Bertz CT molecular complexity index is 427. The molecule has 0 spiro atoms. The highest BCUT2D eigenvalue weighted by molar-refractivity contribution is 5.27. The topological polar surface area (TPSA) is 22.1 Å². The van der Waals surface area contributed by atoms with Gasteiger partial charge in [0.05, 0.1) is 0 Å². The maximum Gasteiger partial charge on any atom is 0.219 e. The van der Waals surface area contributed by atoms with E-state index in [0.717, 1.165) is 5.69 Å². The first-order chi connectivity index (χ1) is 7.24. The number of aryl methyl sites for hydroxylation is 1. The second-order valence-corrected chi connectivity index (χ2v) is 3.18. The molecule has 0 aliphatic heterocycles. The lowest BCUT2D eigenvalue weighted by atomic mass is 10.3. The van der Waals surface area contributed by atoms with Crippen LogP contribution in [0.15, 0.2) is 42.5 Å². The quantitative estimate of drug-likeness (QED) is 0.746. The van der Waals surface area contributed by atoms with Crippen molar-refractivity contribution in [2.24, 2.45) is 0 Å². The Morgan fingerprint density at radius 1 is 1.13 bits per heavy atom. The van der Waals surface area contributed by atoms with Gasteiger partial charge >= 0.3 is 0 Å². The SMILES string of the molecule is Cc1cccc(Oc2cccc(F)c2)n1. The summed E-state index contributed by atoms with van der Waals surface area (Å²) in [6, 6.07) is 11.4. The molecule has 0 saturated heterocycles. The number of pyridine rings is 1. The van der Waals surface area contributed by atoms with Gasteiger partial charge in [0.1, 0.15) is 11.6 Å². The van der Waals surface area contributed by atoms with E-state index in [-0.39, 0.29) is 5.82 Å². The van der Waals surface area contributed by atoms with Gasteiger partial charge in [-0.3, -0.25) is 0 Å². The second kappa shape index (κ2) is 4.09. The summed E-state index contributed by atoms with van der Waals surface area (Å²) in [5, 5.41) is 0. The zero-order chi connectivity index (χ0) is 10.7. The van der Waals surface area contributed by atoms with Gasteiger partial charge in [0.15, 0.2) is 0 Å². The van der Waals surface area contributed by atoms with Crippen molar-refractivity contribution in [3.05, 3.63) is 54.0 Å². The summed E-state index contributed by atoms with van der Waals surface area (Å²) in [4.78, 5) is 4.15. The third kappa shape index (κ3) is 2.53. The maximum absolute atomic E-state index is 12.8. The molecule has 2 rings (SSSR count). The van der Waals surface area contributed by atoms with E-state index in [9.17, 15) is 4.39 Å². The summed E-state index contributed by atoms with van der Waals surface area (Å²) >= 11 is 0. The van der Waals surface area contributed by atoms with Gasteiger partial charge < -0.3 is 4.74 Å². The molecule has 76 valence electrons. The van der Waals surface area contributed by atoms with Crippen molar-refractivity contribution in [3.63, 3.8) is 0 Å². The summed E-state index contributed by atoms with van der Waals surface area (Å²) in [5.74, 6) is 0.605. The van der Waals surface area contributed by atoms with Gasteiger partial charge in [0.2, 0.25) is 5.88 Å². The molecular weight excluding hydrogens is 193 g/mol. The highest BCUT2D eigenvalue weighted by Crippen LogP contribution is 2.19. The van der Waals surface area contributed by atoms with Crippen molar-refractivity contribution in [3.8, 4) is 11.6 Å². The zero-order valence-corrected chi connectivity index (χ0v) is 8.27. The predicted molar refractivity (Wildman–Crippen MR) is 55.4 cm³/mol. The smallest absolute Gasteiger partial charge is 0.219 e. The molecule has 0 aliphatic carbocycles. The number of aromatic nitrogens is 1. The van der Waals surface area contributed by atoms with Crippen LogP contribution in [0.1, 0.15) is 5.69 Å². The number of hydrogen-bond donors (Lipinski definition) is 0. The Morgan fingerprint density at radius 3 is 2.67 bits per heavy atom. The third-order valence-electron chi connectivity index (χ3n) is 1.88. The van der Waals surface area contributed by atoms with Crippen LogP contribution in [0.3, 0.4) is 0 Å². The van der Waals surface area contributed by atoms with Gasteiger partial charge in [-0.15, -0.1) is 0 Å². The molecule has 0 saturated carbocycles. The van der Waals surface area contributed by atoms with E-state index in [1.165, 1.54) is 12.1 Å². The minimum absolute atomic E-state index is 0.319. The van der Waals surface area contributed by atoms with Crippen LogP contribution in [0, 0.1) is 12.7 Å². The lowest BCUT2D eigenvalue weighted by molar-refractivity contribution is 0.457. The average molecular weight is 203 g/mol. The van der Waals surface area contributed by atoms with Crippen LogP contribution in [0.2, 0.25) is 0 Å². The lowest BCUT2D eigenvalue weighted by Gasteiger charge is -2.04. The maximum atomic E-state index is 12.8. The first-order valence-corrected chi connectivity index (χ1v) is 4.61. The minimum atomic E-state index is -0.319. The fraction of sp³-hybridized carbons (Fsp3) is 0.0833. The van der Waals surface area contributed by atoms with Gasteiger partial charge in [-0.05, 0) is 25.1 Å². The van der Waals surface area contributed by atoms with E-state index in [2.05, 4.69) is 4.98 Å². The lowest BCUT2D eigenvalue weighted by Crippen LogP contribution is -1.89. The van der Waals surface area contributed by atoms with Crippen molar-refractivity contribution >= 4 is 0 Å². The summed E-state index contributed by atoms with van der Waals surface area (Å²) in [5.41, 5.74) is 0.865. The number of benzene rings is 1.